The predicted octanol–water partition coefficient (Wildman–Crippen LogP) is 3.22. The van der Waals surface area contributed by atoms with Crippen molar-refractivity contribution in [1.29, 1.82) is 0 Å². The van der Waals surface area contributed by atoms with Gasteiger partial charge in [-0.05, 0) is 54.4 Å². The molecule has 0 aromatic heterocycles. The highest BCUT2D eigenvalue weighted by molar-refractivity contribution is 5.63. The molecule has 0 saturated carbocycles. The van der Waals surface area contributed by atoms with E-state index in [1.54, 1.807) is 0 Å². The van der Waals surface area contributed by atoms with Gasteiger partial charge < -0.3 is 10.0 Å². The van der Waals surface area contributed by atoms with E-state index in [4.69, 9.17) is 0 Å². The van der Waals surface area contributed by atoms with Gasteiger partial charge in [-0.25, -0.2) is 0 Å². The molecule has 1 N–H and O–H groups in total. The van der Waals surface area contributed by atoms with Crippen LogP contribution in [0.25, 0.3) is 0 Å². The molecule has 92 valence electrons. The predicted molar refractivity (Wildman–Crippen MR) is 70.9 cm³/mol. The second-order valence-electron chi connectivity index (χ2n) is 6.08. The first kappa shape index (κ1) is 10.9. The van der Waals surface area contributed by atoms with Crippen LogP contribution in [0.4, 0.5) is 5.69 Å². The molecule has 1 saturated heterocycles. The van der Waals surface area contributed by atoms with Crippen LogP contribution >= 0.6 is 0 Å². The zero-order valence-electron chi connectivity index (χ0n) is 10.8. The molecule has 0 spiro atoms. The maximum Gasteiger partial charge on any atom is 0.139 e. The second kappa shape index (κ2) is 3.66. The molecule has 2 heteroatoms. The van der Waals surface area contributed by atoms with Gasteiger partial charge in [0, 0.05) is 13.1 Å². The summed E-state index contributed by atoms with van der Waals surface area (Å²) in [7, 11) is 0. The Balaban J connectivity index is 2.06. The summed E-state index contributed by atoms with van der Waals surface area (Å²) in [5.74, 6) is 0.475. The highest BCUT2D eigenvalue weighted by Crippen LogP contribution is 2.43. The molecule has 3 rings (SSSR count). The average Bonchev–Trinajstić information content (AvgIpc) is 2.87. The zero-order chi connectivity index (χ0) is 12.0. The Morgan fingerprint density at radius 3 is 2.59 bits per heavy atom. The molecule has 0 radical (unpaired) electrons. The minimum Gasteiger partial charge on any atom is -0.506 e. The highest BCUT2D eigenvalue weighted by Gasteiger charge is 2.31. The minimum absolute atomic E-state index is 0.275. The van der Waals surface area contributed by atoms with Gasteiger partial charge in [0.25, 0.3) is 0 Å². The number of aromatic hydroxyl groups is 1. The minimum atomic E-state index is 0.275. The van der Waals surface area contributed by atoms with Crippen LogP contribution in [0.1, 0.15) is 44.2 Å². The number of phenolic OH excluding ortho intramolecular Hbond substituents is 1. The van der Waals surface area contributed by atoms with Gasteiger partial charge in [0.2, 0.25) is 0 Å². The second-order valence-corrected chi connectivity index (χ2v) is 6.08. The Hall–Kier alpha value is -1.18. The summed E-state index contributed by atoms with van der Waals surface area (Å²) in [5.41, 5.74) is 4.11. The molecular weight excluding hydrogens is 210 g/mol. The van der Waals surface area contributed by atoms with E-state index >= 15 is 0 Å². The summed E-state index contributed by atoms with van der Waals surface area (Å²) >= 11 is 0. The number of hydrogen-bond donors (Lipinski definition) is 1. The van der Waals surface area contributed by atoms with Crippen LogP contribution in [0, 0.1) is 0 Å². The van der Waals surface area contributed by atoms with E-state index in [9.17, 15) is 5.11 Å². The molecule has 2 aliphatic rings. The van der Waals surface area contributed by atoms with E-state index in [1.165, 1.54) is 30.4 Å². The third-order valence-corrected chi connectivity index (χ3v) is 4.40. The lowest BCUT2D eigenvalue weighted by molar-refractivity contribution is 0.474. The van der Waals surface area contributed by atoms with E-state index < -0.39 is 0 Å². The third-order valence-electron chi connectivity index (χ3n) is 4.40. The molecule has 1 aromatic rings. The quantitative estimate of drug-likeness (QED) is 0.802. The zero-order valence-corrected chi connectivity index (χ0v) is 10.8. The van der Waals surface area contributed by atoms with E-state index in [0.29, 0.717) is 5.75 Å². The summed E-state index contributed by atoms with van der Waals surface area (Å²) in [6.07, 6.45) is 4.81. The van der Waals surface area contributed by atoms with Crippen molar-refractivity contribution in [2.24, 2.45) is 0 Å². The number of anilines is 1. The smallest absolute Gasteiger partial charge is 0.139 e. The van der Waals surface area contributed by atoms with Gasteiger partial charge in [-0.1, -0.05) is 13.8 Å². The van der Waals surface area contributed by atoms with Crippen LogP contribution in [0.2, 0.25) is 0 Å². The Morgan fingerprint density at radius 2 is 1.88 bits per heavy atom. The number of fused-ring (bicyclic) bond motifs is 1. The lowest BCUT2D eigenvalue weighted by Crippen LogP contribution is -2.19. The molecule has 0 atom stereocenters. The van der Waals surface area contributed by atoms with Crippen molar-refractivity contribution in [1.82, 2.24) is 0 Å². The average molecular weight is 231 g/mol. The first-order valence-electron chi connectivity index (χ1n) is 6.69. The molecule has 2 nitrogen and oxygen atoms in total. The first-order chi connectivity index (χ1) is 8.08. The summed E-state index contributed by atoms with van der Waals surface area (Å²) in [6.45, 7) is 6.80. The first-order valence-corrected chi connectivity index (χ1v) is 6.69. The van der Waals surface area contributed by atoms with Gasteiger partial charge >= 0.3 is 0 Å². The molecule has 1 fully saturated rings. The van der Waals surface area contributed by atoms with Crippen molar-refractivity contribution in [2.75, 3.05) is 18.0 Å². The Kier molecular flexibility index (Phi) is 2.35. The fraction of sp³-hybridized carbons (Fsp3) is 0.600. The normalized spacial score (nSPS) is 21.9. The van der Waals surface area contributed by atoms with E-state index in [0.717, 1.165) is 25.2 Å². The number of hydrogen-bond acceptors (Lipinski definition) is 2. The fourth-order valence-corrected chi connectivity index (χ4v) is 3.25. The van der Waals surface area contributed by atoms with E-state index in [-0.39, 0.29) is 5.41 Å². The van der Waals surface area contributed by atoms with Crippen molar-refractivity contribution >= 4 is 5.69 Å². The van der Waals surface area contributed by atoms with Gasteiger partial charge in [0.1, 0.15) is 5.75 Å². The number of aryl methyl sites for hydroxylation is 1. The molecule has 1 aliphatic heterocycles. The number of benzene rings is 1. The fourth-order valence-electron chi connectivity index (χ4n) is 3.25. The molecule has 0 amide bonds. The van der Waals surface area contributed by atoms with Crippen molar-refractivity contribution < 1.29 is 5.11 Å². The molecule has 1 heterocycles. The third kappa shape index (κ3) is 1.70. The standard InChI is InChI=1S/C15H21NO/c1-15(2)6-5-11-9-14(17)13(10-12(11)15)16-7-3-4-8-16/h9-10,17H,3-8H2,1-2H3. The van der Waals surface area contributed by atoms with Crippen molar-refractivity contribution in [3.63, 3.8) is 0 Å². The summed E-state index contributed by atoms with van der Waals surface area (Å²) in [4.78, 5) is 2.32. The lowest BCUT2D eigenvalue weighted by Gasteiger charge is -2.24. The number of nitrogens with zero attached hydrogens (tertiary/aromatic N) is 1. The van der Waals surface area contributed by atoms with Gasteiger partial charge in [-0.2, -0.15) is 0 Å². The molecular formula is C15H21NO. The van der Waals surface area contributed by atoms with Crippen molar-refractivity contribution in [3.8, 4) is 5.75 Å². The highest BCUT2D eigenvalue weighted by atomic mass is 16.3. The Morgan fingerprint density at radius 1 is 1.18 bits per heavy atom. The Bertz CT molecular complexity index is 444. The largest absolute Gasteiger partial charge is 0.506 e. The monoisotopic (exact) mass is 231 g/mol. The maximum atomic E-state index is 10.2. The summed E-state index contributed by atoms with van der Waals surface area (Å²) < 4.78 is 0. The molecule has 1 aromatic carbocycles. The van der Waals surface area contributed by atoms with Crippen LogP contribution < -0.4 is 4.90 Å². The van der Waals surface area contributed by atoms with Gasteiger partial charge in [-0.3, -0.25) is 0 Å². The van der Waals surface area contributed by atoms with E-state index in [1.807, 2.05) is 6.07 Å². The molecule has 17 heavy (non-hydrogen) atoms. The van der Waals surface area contributed by atoms with Crippen LogP contribution in [0.5, 0.6) is 5.75 Å². The SMILES string of the molecule is CC1(C)CCc2cc(O)c(N3CCCC3)cc21. The molecule has 0 unspecified atom stereocenters. The van der Waals surface area contributed by atoms with Crippen molar-refractivity contribution in [3.05, 3.63) is 23.3 Å². The van der Waals surface area contributed by atoms with Crippen LogP contribution in [0.3, 0.4) is 0 Å². The van der Waals surface area contributed by atoms with Gasteiger partial charge in [0.05, 0.1) is 5.69 Å². The molecule has 1 aliphatic carbocycles. The Labute approximate surface area is 103 Å². The van der Waals surface area contributed by atoms with E-state index in [2.05, 4.69) is 24.8 Å². The van der Waals surface area contributed by atoms with Gasteiger partial charge in [0.15, 0.2) is 0 Å². The van der Waals surface area contributed by atoms with Crippen LogP contribution in [-0.2, 0) is 11.8 Å². The number of rotatable bonds is 1. The topological polar surface area (TPSA) is 23.5 Å². The van der Waals surface area contributed by atoms with Crippen molar-refractivity contribution in [2.45, 2.75) is 44.9 Å². The summed E-state index contributed by atoms with van der Waals surface area (Å²) in [5, 5.41) is 10.2. The summed E-state index contributed by atoms with van der Waals surface area (Å²) in [6, 6.07) is 4.24. The van der Waals surface area contributed by atoms with Crippen LogP contribution in [0.15, 0.2) is 12.1 Å². The maximum absolute atomic E-state index is 10.2. The number of phenols is 1. The van der Waals surface area contributed by atoms with Gasteiger partial charge in [-0.15, -0.1) is 0 Å². The lowest BCUT2D eigenvalue weighted by atomic mass is 9.86. The molecule has 0 bridgehead atoms. The van der Waals surface area contributed by atoms with Crippen LogP contribution in [-0.4, -0.2) is 18.2 Å².